The van der Waals surface area contributed by atoms with Gasteiger partial charge in [0.15, 0.2) is 0 Å². The summed E-state index contributed by atoms with van der Waals surface area (Å²) in [7, 11) is 0. The maximum atomic E-state index is 12.9. The van der Waals surface area contributed by atoms with Gasteiger partial charge in [0.25, 0.3) is 0 Å². The molecule has 0 saturated heterocycles. The number of carbonyl (C=O) groups excluding carboxylic acids is 1. The second kappa shape index (κ2) is 7.57. The molecule has 0 unspecified atom stereocenters. The Morgan fingerprint density at radius 2 is 1.75 bits per heavy atom. The van der Waals surface area contributed by atoms with Gasteiger partial charge >= 0.3 is 0 Å². The van der Waals surface area contributed by atoms with Crippen LogP contribution < -0.4 is 10.6 Å². The number of halogens is 1. The van der Waals surface area contributed by atoms with E-state index in [0.717, 1.165) is 11.3 Å². The highest BCUT2D eigenvalue weighted by Gasteiger charge is 2.17. The van der Waals surface area contributed by atoms with E-state index in [2.05, 4.69) is 10.6 Å². The molecule has 1 aromatic heterocycles. The normalized spacial score (nSPS) is 11.9. The van der Waals surface area contributed by atoms with E-state index in [0.29, 0.717) is 5.69 Å². The van der Waals surface area contributed by atoms with E-state index < -0.39 is 0 Å². The van der Waals surface area contributed by atoms with Crippen LogP contribution in [-0.4, -0.2) is 12.5 Å². The molecule has 1 amide bonds. The number of hydrogen-bond acceptors (Lipinski definition) is 3. The minimum absolute atomic E-state index is 0.0949. The smallest absolute Gasteiger partial charge is 0.238 e. The Labute approximate surface area is 139 Å². The standard InChI is InChI=1S/C19H17FN2O2/c20-15-8-10-16(11-9-15)22-18(23)13-21-19(17-7-4-12-24-17)14-5-2-1-3-6-14/h1-12,19,21H,13H2,(H,22,23)/t19-/m1/s1. The molecule has 0 spiro atoms. The van der Waals surface area contributed by atoms with Crippen molar-refractivity contribution in [3.8, 4) is 0 Å². The number of carbonyl (C=O) groups is 1. The summed E-state index contributed by atoms with van der Waals surface area (Å²) >= 11 is 0. The van der Waals surface area contributed by atoms with Crippen molar-refractivity contribution in [1.29, 1.82) is 0 Å². The van der Waals surface area contributed by atoms with Crippen LogP contribution in [0.4, 0.5) is 10.1 Å². The summed E-state index contributed by atoms with van der Waals surface area (Å²) in [6, 6.07) is 18.9. The average Bonchev–Trinajstić information content (AvgIpc) is 3.12. The molecule has 0 aliphatic carbocycles. The van der Waals surface area contributed by atoms with Crippen LogP contribution in [0.5, 0.6) is 0 Å². The second-order valence-electron chi connectivity index (χ2n) is 5.30. The zero-order valence-electron chi connectivity index (χ0n) is 12.9. The number of amides is 1. The van der Waals surface area contributed by atoms with Crippen molar-refractivity contribution < 1.29 is 13.6 Å². The number of nitrogens with one attached hydrogen (secondary N) is 2. The SMILES string of the molecule is O=C(CN[C@H](c1ccccc1)c1ccco1)Nc1ccc(F)cc1. The summed E-state index contributed by atoms with van der Waals surface area (Å²) in [5.41, 5.74) is 1.56. The van der Waals surface area contributed by atoms with Gasteiger partial charge in [-0.15, -0.1) is 0 Å². The number of rotatable bonds is 6. The fourth-order valence-electron chi connectivity index (χ4n) is 2.42. The van der Waals surface area contributed by atoms with E-state index in [1.807, 2.05) is 42.5 Å². The van der Waals surface area contributed by atoms with Gasteiger partial charge in [-0.1, -0.05) is 30.3 Å². The van der Waals surface area contributed by atoms with Crippen LogP contribution in [-0.2, 0) is 4.79 Å². The molecule has 2 N–H and O–H groups in total. The molecule has 0 fully saturated rings. The molecule has 1 atom stereocenters. The van der Waals surface area contributed by atoms with Gasteiger partial charge in [0.1, 0.15) is 11.6 Å². The van der Waals surface area contributed by atoms with Crippen molar-refractivity contribution in [2.45, 2.75) is 6.04 Å². The molecule has 4 nitrogen and oxygen atoms in total. The molecule has 0 aliphatic rings. The molecular weight excluding hydrogens is 307 g/mol. The van der Waals surface area contributed by atoms with Crippen molar-refractivity contribution in [2.24, 2.45) is 0 Å². The molecule has 5 heteroatoms. The zero-order valence-corrected chi connectivity index (χ0v) is 12.9. The summed E-state index contributed by atoms with van der Waals surface area (Å²) < 4.78 is 18.4. The Hall–Kier alpha value is -2.92. The lowest BCUT2D eigenvalue weighted by Crippen LogP contribution is -2.31. The molecule has 0 radical (unpaired) electrons. The molecule has 2 aromatic carbocycles. The number of benzene rings is 2. The highest BCUT2D eigenvalue weighted by atomic mass is 19.1. The molecule has 1 heterocycles. The highest BCUT2D eigenvalue weighted by molar-refractivity contribution is 5.92. The average molecular weight is 324 g/mol. The van der Waals surface area contributed by atoms with E-state index in [1.165, 1.54) is 24.3 Å². The van der Waals surface area contributed by atoms with E-state index in [1.54, 1.807) is 6.26 Å². The summed E-state index contributed by atoms with van der Waals surface area (Å²) in [5.74, 6) is 0.179. The topological polar surface area (TPSA) is 54.3 Å². The third-order valence-electron chi connectivity index (χ3n) is 3.56. The van der Waals surface area contributed by atoms with E-state index >= 15 is 0 Å². The molecule has 0 saturated carbocycles. The van der Waals surface area contributed by atoms with Crippen LogP contribution in [0.15, 0.2) is 77.4 Å². The van der Waals surface area contributed by atoms with Crippen LogP contribution >= 0.6 is 0 Å². The molecule has 3 rings (SSSR count). The van der Waals surface area contributed by atoms with E-state index in [4.69, 9.17) is 4.42 Å². The monoisotopic (exact) mass is 324 g/mol. The molecule has 3 aromatic rings. The van der Waals surface area contributed by atoms with Crippen LogP contribution in [0.25, 0.3) is 0 Å². The molecule has 0 aliphatic heterocycles. The van der Waals surface area contributed by atoms with Gasteiger partial charge in [-0.05, 0) is 42.0 Å². The van der Waals surface area contributed by atoms with Gasteiger partial charge in [0.2, 0.25) is 5.91 Å². The lowest BCUT2D eigenvalue weighted by Gasteiger charge is -2.17. The van der Waals surface area contributed by atoms with E-state index in [9.17, 15) is 9.18 Å². The van der Waals surface area contributed by atoms with Crippen molar-refractivity contribution in [3.05, 3.63) is 90.1 Å². The quantitative estimate of drug-likeness (QED) is 0.726. The second-order valence-corrected chi connectivity index (χ2v) is 5.30. The molecule has 24 heavy (non-hydrogen) atoms. The van der Waals surface area contributed by atoms with Crippen LogP contribution in [0.3, 0.4) is 0 Å². The lowest BCUT2D eigenvalue weighted by atomic mass is 10.0. The summed E-state index contributed by atoms with van der Waals surface area (Å²) in [6.07, 6.45) is 1.60. The Balaban J connectivity index is 1.65. The van der Waals surface area contributed by atoms with Gasteiger partial charge in [0.05, 0.1) is 18.8 Å². The van der Waals surface area contributed by atoms with Crippen molar-refractivity contribution in [1.82, 2.24) is 5.32 Å². The maximum absolute atomic E-state index is 12.9. The third kappa shape index (κ3) is 4.08. The zero-order chi connectivity index (χ0) is 16.8. The molecular formula is C19H17FN2O2. The first-order valence-corrected chi connectivity index (χ1v) is 7.59. The Morgan fingerprint density at radius 3 is 2.42 bits per heavy atom. The number of furan rings is 1. The highest BCUT2D eigenvalue weighted by Crippen LogP contribution is 2.22. The van der Waals surface area contributed by atoms with E-state index in [-0.39, 0.29) is 24.3 Å². The third-order valence-corrected chi connectivity index (χ3v) is 3.56. The summed E-state index contributed by atoms with van der Waals surface area (Å²) in [4.78, 5) is 12.1. The Bertz CT molecular complexity index is 771. The lowest BCUT2D eigenvalue weighted by molar-refractivity contribution is -0.115. The summed E-state index contributed by atoms with van der Waals surface area (Å²) in [6.45, 7) is 0.0949. The number of hydrogen-bond donors (Lipinski definition) is 2. The van der Waals surface area contributed by atoms with Gasteiger partial charge in [-0.2, -0.15) is 0 Å². The first-order chi connectivity index (χ1) is 11.7. The number of anilines is 1. The first-order valence-electron chi connectivity index (χ1n) is 7.59. The Morgan fingerprint density at radius 1 is 1.00 bits per heavy atom. The fraction of sp³-hybridized carbons (Fsp3) is 0.105. The minimum atomic E-state index is -0.340. The largest absolute Gasteiger partial charge is 0.467 e. The fourth-order valence-corrected chi connectivity index (χ4v) is 2.42. The first kappa shape index (κ1) is 16.0. The van der Waals surface area contributed by atoms with Crippen LogP contribution in [0.1, 0.15) is 17.4 Å². The van der Waals surface area contributed by atoms with Gasteiger partial charge in [-0.3, -0.25) is 10.1 Å². The van der Waals surface area contributed by atoms with Crippen molar-refractivity contribution in [3.63, 3.8) is 0 Å². The van der Waals surface area contributed by atoms with Gasteiger partial charge in [-0.25, -0.2) is 4.39 Å². The molecule has 0 bridgehead atoms. The van der Waals surface area contributed by atoms with Crippen molar-refractivity contribution in [2.75, 3.05) is 11.9 Å². The maximum Gasteiger partial charge on any atom is 0.238 e. The minimum Gasteiger partial charge on any atom is -0.467 e. The predicted molar refractivity (Wildman–Crippen MR) is 90.0 cm³/mol. The summed E-state index contributed by atoms with van der Waals surface area (Å²) in [5, 5.41) is 5.91. The molecule has 122 valence electrons. The van der Waals surface area contributed by atoms with Gasteiger partial charge < -0.3 is 9.73 Å². The Kier molecular flexibility index (Phi) is 5.03. The van der Waals surface area contributed by atoms with Crippen molar-refractivity contribution >= 4 is 11.6 Å². The van der Waals surface area contributed by atoms with Gasteiger partial charge in [0, 0.05) is 5.69 Å². The van der Waals surface area contributed by atoms with Crippen LogP contribution in [0.2, 0.25) is 0 Å². The van der Waals surface area contributed by atoms with Crippen LogP contribution in [0, 0.1) is 5.82 Å². The predicted octanol–water partition coefficient (Wildman–Crippen LogP) is 3.74.